The third-order valence-corrected chi connectivity index (χ3v) is 5.09. The van der Waals surface area contributed by atoms with Crippen molar-refractivity contribution in [2.45, 2.75) is 19.4 Å². The van der Waals surface area contributed by atoms with Crippen LogP contribution < -0.4 is 20.9 Å². The molecule has 0 saturated carbocycles. The van der Waals surface area contributed by atoms with Gasteiger partial charge in [-0.1, -0.05) is 41.2 Å². The second kappa shape index (κ2) is 7.16. The molecule has 2 amide bonds. The van der Waals surface area contributed by atoms with Gasteiger partial charge in [-0.25, -0.2) is 15.6 Å². The van der Waals surface area contributed by atoms with Crippen molar-refractivity contribution in [1.82, 2.24) is 10.3 Å². The van der Waals surface area contributed by atoms with Crippen LogP contribution in [0.2, 0.25) is 0 Å². The number of nitrogens with one attached hydrogen (secondary N) is 4. The van der Waals surface area contributed by atoms with Crippen LogP contribution in [0.3, 0.4) is 0 Å². The van der Waals surface area contributed by atoms with Crippen LogP contribution >= 0.6 is 11.3 Å². The fourth-order valence-corrected chi connectivity index (χ4v) is 3.63. The molecule has 0 unspecified atom stereocenters. The van der Waals surface area contributed by atoms with Gasteiger partial charge in [0.1, 0.15) is 0 Å². The zero-order chi connectivity index (χ0) is 18.8. The molecule has 1 atom stereocenters. The molecule has 0 radical (unpaired) electrons. The van der Waals surface area contributed by atoms with E-state index in [1.807, 2.05) is 55.5 Å². The van der Waals surface area contributed by atoms with Gasteiger partial charge in [0.2, 0.25) is 0 Å². The van der Waals surface area contributed by atoms with Crippen molar-refractivity contribution in [2.75, 3.05) is 10.6 Å². The van der Waals surface area contributed by atoms with E-state index in [9.17, 15) is 9.59 Å². The van der Waals surface area contributed by atoms with Gasteiger partial charge in [-0.2, -0.15) is 0 Å². The molecule has 0 spiro atoms. The SMILES string of the molecule is Cc1ccc(NC(=O)[C@@H]2CC(=O)NC(Nc3nc4ccccc4s3)=[NH+]2)cc1. The molecule has 1 aliphatic rings. The summed E-state index contributed by atoms with van der Waals surface area (Å²) in [5.41, 5.74) is 2.68. The highest BCUT2D eigenvalue weighted by molar-refractivity contribution is 7.22. The predicted molar refractivity (Wildman–Crippen MR) is 106 cm³/mol. The Balaban J connectivity index is 1.50. The molecule has 8 heteroatoms. The van der Waals surface area contributed by atoms with Gasteiger partial charge in [0.25, 0.3) is 16.9 Å². The summed E-state index contributed by atoms with van der Waals surface area (Å²) in [6.45, 7) is 1.98. The fourth-order valence-electron chi connectivity index (χ4n) is 2.76. The third-order valence-electron chi connectivity index (χ3n) is 4.13. The molecule has 136 valence electrons. The van der Waals surface area contributed by atoms with Crippen molar-refractivity contribution in [1.29, 1.82) is 0 Å². The lowest BCUT2D eigenvalue weighted by atomic mass is 10.1. The summed E-state index contributed by atoms with van der Waals surface area (Å²) in [5.74, 6) is -0.145. The maximum atomic E-state index is 12.5. The second-order valence-corrected chi connectivity index (χ2v) is 7.32. The van der Waals surface area contributed by atoms with Crippen LogP contribution in [0.1, 0.15) is 12.0 Å². The highest BCUT2D eigenvalue weighted by Gasteiger charge is 2.31. The molecule has 1 aromatic heterocycles. The molecule has 27 heavy (non-hydrogen) atoms. The molecule has 4 N–H and O–H groups in total. The van der Waals surface area contributed by atoms with Gasteiger partial charge in [-0.15, -0.1) is 0 Å². The van der Waals surface area contributed by atoms with Gasteiger partial charge >= 0.3 is 5.96 Å². The van der Waals surface area contributed by atoms with Crippen molar-refractivity contribution in [2.24, 2.45) is 0 Å². The number of nitrogens with zero attached hydrogens (tertiary/aromatic N) is 1. The number of amides is 2. The molecule has 3 aromatic rings. The lowest BCUT2D eigenvalue weighted by Crippen LogP contribution is -2.89. The number of fused-ring (bicyclic) bond motifs is 1. The molecular formula is C19H18N5O2S+. The van der Waals surface area contributed by atoms with Crippen molar-refractivity contribution in [3.8, 4) is 0 Å². The highest BCUT2D eigenvalue weighted by Crippen LogP contribution is 2.25. The molecule has 0 saturated heterocycles. The normalized spacial score (nSPS) is 16.6. The molecule has 0 aliphatic carbocycles. The second-order valence-electron chi connectivity index (χ2n) is 6.29. The van der Waals surface area contributed by atoms with Gasteiger partial charge in [-0.05, 0) is 31.2 Å². The Morgan fingerprint density at radius 3 is 2.78 bits per heavy atom. The first-order valence-electron chi connectivity index (χ1n) is 8.50. The van der Waals surface area contributed by atoms with Gasteiger partial charge in [0.15, 0.2) is 6.04 Å². The number of benzene rings is 2. The maximum absolute atomic E-state index is 12.5. The van der Waals surface area contributed by atoms with Crippen LogP contribution in [0.4, 0.5) is 10.8 Å². The lowest BCUT2D eigenvalue weighted by Gasteiger charge is -2.16. The minimum absolute atomic E-state index is 0.0583. The molecule has 0 bridgehead atoms. The first-order valence-corrected chi connectivity index (χ1v) is 9.32. The number of hydrogen-bond acceptors (Lipinski definition) is 5. The van der Waals surface area contributed by atoms with E-state index >= 15 is 0 Å². The Kier molecular flexibility index (Phi) is 4.55. The zero-order valence-electron chi connectivity index (χ0n) is 14.6. The van der Waals surface area contributed by atoms with Gasteiger partial charge in [0, 0.05) is 5.69 Å². The van der Waals surface area contributed by atoms with Gasteiger partial charge in [0.05, 0.1) is 16.6 Å². The van der Waals surface area contributed by atoms with Crippen molar-refractivity contribution in [3.63, 3.8) is 0 Å². The first-order chi connectivity index (χ1) is 13.1. The van der Waals surface area contributed by atoms with Crippen LogP contribution in [0.15, 0.2) is 48.5 Å². The Bertz CT molecular complexity index is 1010. The summed E-state index contributed by atoms with van der Waals surface area (Å²) in [4.78, 5) is 32.1. The minimum Gasteiger partial charge on any atom is -0.323 e. The van der Waals surface area contributed by atoms with Crippen LogP contribution in [0.5, 0.6) is 0 Å². The van der Waals surface area contributed by atoms with Crippen LogP contribution in [0.25, 0.3) is 10.2 Å². The zero-order valence-corrected chi connectivity index (χ0v) is 15.4. The average Bonchev–Trinajstić information content (AvgIpc) is 3.05. The lowest BCUT2D eigenvalue weighted by molar-refractivity contribution is -0.490. The Labute approximate surface area is 159 Å². The van der Waals surface area contributed by atoms with Crippen LogP contribution in [0, 0.1) is 6.92 Å². The number of aromatic nitrogens is 1. The predicted octanol–water partition coefficient (Wildman–Crippen LogP) is 0.980. The first kappa shape index (κ1) is 17.2. The average molecular weight is 380 g/mol. The largest absolute Gasteiger partial charge is 0.358 e. The Hall–Kier alpha value is -3.26. The van der Waals surface area contributed by atoms with E-state index in [1.165, 1.54) is 11.3 Å². The number of thiazole rings is 1. The third kappa shape index (κ3) is 3.95. The van der Waals surface area contributed by atoms with Gasteiger partial charge in [-0.3, -0.25) is 14.6 Å². The summed E-state index contributed by atoms with van der Waals surface area (Å²) in [6.07, 6.45) is 0.0583. The summed E-state index contributed by atoms with van der Waals surface area (Å²) >= 11 is 1.47. The monoisotopic (exact) mass is 380 g/mol. The molecule has 7 nitrogen and oxygen atoms in total. The van der Waals surface area contributed by atoms with Crippen LogP contribution in [-0.2, 0) is 9.59 Å². The number of hydrogen-bond donors (Lipinski definition) is 4. The van der Waals surface area contributed by atoms with E-state index in [0.717, 1.165) is 15.8 Å². The van der Waals surface area contributed by atoms with Crippen molar-refractivity contribution < 1.29 is 14.6 Å². The van der Waals surface area contributed by atoms with E-state index in [2.05, 4.69) is 25.9 Å². The maximum Gasteiger partial charge on any atom is 0.358 e. The number of carbonyl (C=O) groups excluding carboxylic acids is 2. The van der Waals surface area contributed by atoms with Crippen molar-refractivity contribution in [3.05, 3.63) is 54.1 Å². The highest BCUT2D eigenvalue weighted by atomic mass is 32.1. The standard InChI is InChI=1S/C19H17N5O2S/c1-11-6-8-12(9-7-11)20-17(26)14-10-16(25)23-18(21-14)24-19-22-13-4-2-3-5-15(13)27-19/h2-9,14H,10H2,1H3,(H,20,26)(H2,21,22,23,24,25)/p+1/t14-/m0/s1. The number of anilines is 2. The number of para-hydroxylation sites is 1. The Morgan fingerprint density at radius 2 is 2.00 bits per heavy atom. The van der Waals surface area contributed by atoms with E-state index < -0.39 is 6.04 Å². The van der Waals surface area contributed by atoms with Crippen molar-refractivity contribution >= 4 is 50.1 Å². The van der Waals surface area contributed by atoms with E-state index in [1.54, 1.807) is 0 Å². The summed E-state index contributed by atoms with van der Waals surface area (Å²) in [5, 5.41) is 9.23. The quantitative estimate of drug-likeness (QED) is 0.545. The summed E-state index contributed by atoms with van der Waals surface area (Å²) in [7, 11) is 0. The van der Waals surface area contributed by atoms with E-state index in [4.69, 9.17) is 0 Å². The number of aryl methyl sites for hydroxylation is 1. The van der Waals surface area contributed by atoms with Crippen LogP contribution in [-0.4, -0.2) is 28.8 Å². The summed E-state index contributed by atoms with van der Waals surface area (Å²) in [6, 6.07) is 14.6. The molecule has 4 rings (SSSR count). The molecule has 2 heterocycles. The number of guanidine groups is 1. The molecule has 2 aromatic carbocycles. The Morgan fingerprint density at radius 1 is 1.22 bits per heavy atom. The topological polar surface area (TPSA) is 97.1 Å². The van der Waals surface area contributed by atoms with Gasteiger partial charge < -0.3 is 5.32 Å². The number of rotatable bonds is 3. The minimum atomic E-state index is -0.670. The smallest absolute Gasteiger partial charge is 0.323 e. The van der Waals surface area contributed by atoms with E-state index in [0.29, 0.717) is 16.8 Å². The number of carbonyl (C=O) groups is 2. The molecule has 0 fully saturated rings. The summed E-state index contributed by atoms with van der Waals surface area (Å²) < 4.78 is 1.04. The van der Waals surface area contributed by atoms with E-state index in [-0.39, 0.29) is 18.2 Å². The molecular weight excluding hydrogens is 362 g/mol. The molecule has 1 aliphatic heterocycles. The fraction of sp³-hybridized carbons (Fsp3) is 0.158.